The van der Waals surface area contributed by atoms with Crippen molar-refractivity contribution in [3.8, 4) is 0 Å². The average molecular weight is 334 g/mol. The van der Waals surface area contributed by atoms with Crippen LogP contribution >= 0.6 is 0 Å². The Morgan fingerprint density at radius 2 is 1.79 bits per heavy atom. The minimum Gasteiger partial charge on any atom is -0.396 e. The van der Waals surface area contributed by atoms with E-state index in [-0.39, 0.29) is 6.61 Å². The second kappa shape index (κ2) is 6.65. The van der Waals surface area contributed by atoms with Gasteiger partial charge in [0, 0.05) is 19.6 Å². The van der Waals surface area contributed by atoms with Gasteiger partial charge in [-0.25, -0.2) is 4.98 Å². The van der Waals surface area contributed by atoms with Gasteiger partial charge in [0.05, 0.1) is 16.6 Å². The van der Waals surface area contributed by atoms with Crippen molar-refractivity contribution in [2.75, 3.05) is 6.61 Å². The fraction of sp³-hybridized carbons (Fsp3) is 0.278. The summed E-state index contributed by atoms with van der Waals surface area (Å²) in [5.41, 5.74) is 1.32. The van der Waals surface area contributed by atoms with Crippen LogP contribution in [0.1, 0.15) is 23.4 Å². The molecule has 3 aromatic rings. The number of hydrogen-bond acceptors (Lipinski definition) is 2. The summed E-state index contributed by atoms with van der Waals surface area (Å²) in [6, 6.07) is 13.3. The lowest BCUT2D eigenvalue weighted by molar-refractivity contribution is -0.137. The molecule has 1 aromatic heterocycles. The Bertz CT molecular complexity index is 825. The summed E-state index contributed by atoms with van der Waals surface area (Å²) in [5.74, 6) is 0.698. The molecular weight excluding hydrogens is 317 g/mol. The van der Waals surface area contributed by atoms with Gasteiger partial charge in [-0.1, -0.05) is 30.3 Å². The number of imidazole rings is 1. The summed E-state index contributed by atoms with van der Waals surface area (Å²) in [6.07, 6.45) is -3.33. The van der Waals surface area contributed by atoms with E-state index in [1.807, 2.05) is 34.9 Å². The molecule has 1 heterocycles. The van der Waals surface area contributed by atoms with Crippen LogP contribution in [0.2, 0.25) is 0 Å². The lowest BCUT2D eigenvalue weighted by Crippen LogP contribution is -2.06. The molecule has 3 nitrogen and oxygen atoms in total. The molecule has 0 aliphatic heterocycles. The quantitative estimate of drug-likeness (QED) is 0.765. The molecule has 0 amide bonds. The van der Waals surface area contributed by atoms with Gasteiger partial charge < -0.3 is 9.67 Å². The van der Waals surface area contributed by atoms with Crippen LogP contribution in [-0.4, -0.2) is 21.3 Å². The highest BCUT2D eigenvalue weighted by molar-refractivity contribution is 5.77. The van der Waals surface area contributed by atoms with Crippen molar-refractivity contribution in [1.82, 2.24) is 9.55 Å². The van der Waals surface area contributed by atoms with Gasteiger partial charge in [0.15, 0.2) is 0 Å². The second-order valence-electron chi connectivity index (χ2n) is 5.62. The molecule has 0 unspecified atom stereocenters. The predicted molar refractivity (Wildman–Crippen MR) is 85.7 cm³/mol. The molecule has 0 spiro atoms. The Hall–Kier alpha value is -2.34. The summed E-state index contributed by atoms with van der Waals surface area (Å²) in [7, 11) is 0. The number of aliphatic hydroxyl groups is 1. The summed E-state index contributed by atoms with van der Waals surface area (Å²) in [5, 5.41) is 9.09. The van der Waals surface area contributed by atoms with E-state index in [9.17, 15) is 13.2 Å². The molecule has 0 saturated heterocycles. The van der Waals surface area contributed by atoms with E-state index < -0.39 is 11.7 Å². The summed E-state index contributed by atoms with van der Waals surface area (Å²) in [4.78, 5) is 4.42. The van der Waals surface area contributed by atoms with Crippen molar-refractivity contribution >= 4 is 11.0 Å². The topological polar surface area (TPSA) is 38.0 Å². The number of hydrogen-bond donors (Lipinski definition) is 1. The van der Waals surface area contributed by atoms with Crippen LogP contribution < -0.4 is 0 Å². The van der Waals surface area contributed by atoms with Gasteiger partial charge in [-0.3, -0.25) is 0 Å². The molecule has 0 atom stereocenters. The minimum absolute atomic E-state index is 0.0189. The molecule has 0 bridgehead atoms. The molecule has 2 aromatic carbocycles. The van der Waals surface area contributed by atoms with Gasteiger partial charge in [0.25, 0.3) is 0 Å². The first-order chi connectivity index (χ1) is 11.5. The van der Waals surface area contributed by atoms with Crippen molar-refractivity contribution in [3.63, 3.8) is 0 Å². The fourth-order valence-electron chi connectivity index (χ4n) is 2.75. The molecule has 6 heteroatoms. The Kier molecular flexibility index (Phi) is 4.57. The number of rotatable bonds is 5. The summed E-state index contributed by atoms with van der Waals surface area (Å²) < 4.78 is 40.6. The van der Waals surface area contributed by atoms with E-state index in [0.717, 1.165) is 17.7 Å². The average Bonchev–Trinajstić information content (AvgIpc) is 2.89. The molecule has 24 heavy (non-hydrogen) atoms. The van der Waals surface area contributed by atoms with Gasteiger partial charge in [-0.05, 0) is 30.2 Å². The van der Waals surface area contributed by atoms with Crippen LogP contribution in [-0.2, 0) is 19.1 Å². The standard InChI is InChI=1S/C18H17F3N2O/c19-18(20,21)14-7-8-16-15(12-14)22-17(23(16)9-4-10-24)11-13-5-2-1-3-6-13/h1-3,5-8,12,24H,4,9-11H2. The minimum atomic E-state index is -4.39. The van der Waals surface area contributed by atoms with E-state index in [2.05, 4.69) is 4.98 Å². The summed E-state index contributed by atoms with van der Waals surface area (Å²) >= 11 is 0. The fourth-order valence-corrected chi connectivity index (χ4v) is 2.75. The SMILES string of the molecule is OCCCn1c(Cc2ccccc2)nc2cc(C(F)(F)F)ccc21. The smallest absolute Gasteiger partial charge is 0.396 e. The summed E-state index contributed by atoms with van der Waals surface area (Å²) in [6.45, 7) is 0.533. The maximum Gasteiger partial charge on any atom is 0.416 e. The Balaban J connectivity index is 2.05. The number of alkyl halides is 3. The molecule has 0 aliphatic rings. The van der Waals surface area contributed by atoms with Crippen LogP contribution in [0.15, 0.2) is 48.5 Å². The third kappa shape index (κ3) is 3.43. The molecular formula is C18H17F3N2O. The number of halogens is 3. The molecule has 3 rings (SSSR count). The highest BCUT2D eigenvalue weighted by atomic mass is 19.4. The van der Waals surface area contributed by atoms with Gasteiger partial charge in [0.2, 0.25) is 0 Å². The van der Waals surface area contributed by atoms with Crippen LogP contribution in [0.4, 0.5) is 13.2 Å². The monoisotopic (exact) mass is 334 g/mol. The molecule has 0 saturated carbocycles. The maximum atomic E-state index is 12.9. The number of aryl methyl sites for hydroxylation is 1. The van der Waals surface area contributed by atoms with Crippen molar-refractivity contribution in [1.29, 1.82) is 0 Å². The molecule has 0 fully saturated rings. The van der Waals surface area contributed by atoms with Crippen LogP contribution in [0.25, 0.3) is 11.0 Å². The van der Waals surface area contributed by atoms with E-state index in [0.29, 0.717) is 36.2 Å². The molecule has 1 N–H and O–H groups in total. The van der Waals surface area contributed by atoms with Gasteiger partial charge in [-0.15, -0.1) is 0 Å². The maximum absolute atomic E-state index is 12.9. The third-order valence-electron chi connectivity index (χ3n) is 3.90. The molecule has 126 valence electrons. The van der Waals surface area contributed by atoms with Crippen molar-refractivity contribution in [2.45, 2.75) is 25.6 Å². The highest BCUT2D eigenvalue weighted by Crippen LogP contribution is 2.31. The van der Waals surface area contributed by atoms with E-state index in [1.54, 1.807) is 0 Å². The number of aromatic nitrogens is 2. The van der Waals surface area contributed by atoms with E-state index in [4.69, 9.17) is 5.11 Å². The van der Waals surface area contributed by atoms with Gasteiger partial charge in [-0.2, -0.15) is 13.2 Å². The number of benzene rings is 2. The third-order valence-corrected chi connectivity index (χ3v) is 3.90. The highest BCUT2D eigenvalue weighted by Gasteiger charge is 2.31. The van der Waals surface area contributed by atoms with Crippen molar-refractivity contribution in [3.05, 3.63) is 65.5 Å². The number of aliphatic hydroxyl groups excluding tert-OH is 1. The Morgan fingerprint density at radius 3 is 2.46 bits per heavy atom. The zero-order valence-electron chi connectivity index (χ0n) is 12.9. The predicted octanol–water partition coefficient (Wildman–Crippen LogP) is 4.03. The normalized spacial score (nSPS) is 12.0. The number of nitrogens with zero attached hydrogens (tertiary/aromatic N) is 2. The molecule has 0 aliphatic carbocycles. The van der Waals surface area contributed by atoms with Crippen molar-refractivity contribution < 1.29 is 18.3 Å². The molecule has 0 radical (unpaired) electrons. The van der Waals surface area contributed by atoms with Crippen LogP contribution in [0.3, 0.4) is 0 Å². The van der Waals surface area contributed by atoms with Gasteiger partial charge in [0.1, 0.15) is 5.82 Å². The first kappa shape index (κ1) is 16.5. The van der Waals surface area contributed by atoms with Crippen LogP contribution in [0.5, 0.6) is 0 Å². The first-order valence-corrected chi connectivity index (χ1v) is 7.70. The largest absolute Gasteiger partial charge is 0.416 e. The Labute approximate surface area is 137 Å². The first-order valence-electron chi connectivity index (χ1n) is 7.70. The van der Waals surface area contributed by atoms with Crippen LogP contribution in [0, 0.1) is 0 Å². The van der Waals surface area contributed by atoms with Gasteiger partial charge >= 0.3 is 6.18 Å². The second-order valence-corrected chi connectivity index (χ2v) is 5.62. The van der Waals surface area contributed by atoms with Crippen molar-refractivity contribution in [2.24, 2.45) is 0 Å². The van der Waals surface area contributed by atoms with E-state index in [1.165, 1.54) is 6.07 Å². The zero-order valence-corrected chi connectivity index (χ0v) is 12.9. The number of fused-ring (bicyclic) bond motifs is 1. The van der Waals surface area contributed by atoms with E-state index >= 15 is 0 Å². The lowest BCUT2D eigenvalue weighted by Gasteiger charge is -2.09. The Morgan fingerprint density at radius 1 is 1.04 bits per heavy atom. The lowest BCUT2D eigenvalue weighted by atomic mass is 10.1. The zero-order chi connectivity index (χ0) is 17.2.